The van der Waals surface area contributed by atoms with Crippen LogP contribution in [0.5, 0.6) is 0 Å². The fourth-order valence-electron chi connectivity index (χ4n) is 3.59. The Bertz CT molecular complexity index is 986. The smallest absolute Gasteiger partial charge is 0.165 e. The number of rotatable bonds is 1. The summed E-state index contributed by atoms with van der Waals surface area (Å²) in [6, 6.07) is 1.94. The summed E-state index contributed by atoms with van der Waals surface area (Å²) in [5, 5.41) is 0. The average molecular weight is 321 g/mol. The average Bonchev–Trinajstić information content (AvgIpc) is 2.82. The summed E-state index contributed by atoms with van der Waals surface area (Å²) in [4.78, 5) is 25.2. The molecule has 0 atom stereocenters. The van der Waals surface area contributed by atoms with Gasteiger partial charge in [0.05, 0.1) is 17.4 Å². The van der Waals surface area contributed by atoms with Crippen LogP contribution >= 0.6 is 0 Å². The van der Waals surface area contributed by atoms with Gasteiger partial charge in [-0.3, -0.25) is 4.79 Å². The van der Waals surface area contributed by atoms with Gasteiger partial charge in [0.15, 0.2) is 11.6 Å². The fraction of sp³-hybridized carbons (Fsp3) is 0.333. The predicted octanol–water partition coefficient (Wildman–Crippen LogP) is 2.86. The SMILES string of the molecule is Cc1cn(-c2cnc3c(N)ncnc3c2)c2c1C(=O)CC(C)(C)C2. The van der Waals surface area contributed by atoms with E-state index >= 15 is 0 Å². The number of nitrogens with two attached hydrogens (primary N) is 1. The molecule has 0 aliphatic heterocycles. The van der Waals surface area contributed by atoms with Crippen LogP contribution in [0.25, 0.3) is 16.7 Å². The third-order valence-corrected chi connectivity index (χ3v) is 4.63. The minimum absolute atomic E-state index is 0.0382. The molecule has 6 nitrogen and oxygen atoms in total. The molecule has 3 aromatic heterocycles. The first-order chi connectivity index (χ1) is 11.4. The summed E-state index contributed by atoms with van der Waals surface area (Å²) in [6.07, 6.45) is 6.65. The topological polar surface area (TPSA) is 86.7 Å². The van der Waals surface area contributed by atoms with Crippen molar-refractivity contribution in [1.82, 2.24) is 19.5 Å². The molecule has 0 radical (unpaired) electrons. The van der Waals surface area contributed by atoms with Crippen LogP contribution in [0.15, 0.2) is 24.8 Å². The maximum atomic E-state index is 12.6. The van der Waals surface area contributed by atoms with Gasteiger partial charge in [0.2, 0.25) is 0 Å². The van der Waals surface area contributed by atoms with Crippen LogP contribution in [0.1, 0.15) is 41.9 Å². The Morgan fingerprint density at radius 3 is 2.79 bits per heavy atom. The van der Waals surface area contributed by atoms with Gasteiger partial charge in [0.1, 0.15) is 11.8 Å². The lowest BCUT2D eigenvalue weighted by Gasteiger charge is -2.30. The first-order valence-corrected chi connectivity index (χ1v) is 7.96. The van der Waals surface area contributed by atoms with Crippen molar-refractivity contribution in [3.8, 4) is 5.69 Å². The minimum Gasteiger partial charge on any atom is -0.382 e. The molecule has 3 aromatic rings. The van der Waals surface area contributed by atoms with Gasteiger partial charge in [-0.2, -0.15) is 0 Å². The number of pyridine rings is 1. The number of Topliss-reactive ketones (excluding diaryl/α,β-unsaturated/α-hetero) is 1. The summed E-state index contributed by atoms with van der Waals surface area (Å²) in [5.41, 5.74) is 10.9. The Balaban J connectivity index is 1.92. The summed E-state index contributed by atoms with van der Waals surface area (Å²) in [6.45, 7) is 6.25. The molecule has 0 spiro atoms. The zero-order chi connectivity index (χ0) is 17.1. The Hall–Kier alpha value is -2.76. The van der Waals surface area contributed by atoms with Crippen LogP contribution in [-0.4, -0.2) is 25.3 Å². The Kier molecular flexibility index (Phi) is 3.00. The molecule has 122 valence electrons. The quantitative estimate of drug-likeness (QED) is 0.744. The van der Waals surface area contributed by atoms with Gasteiger partial charge in [-0.25, -0.2) is 15.0 Å². The number of anilines is 1. The highest BCUT2D eigenvalue weighted by atomic mass is 16.1. The highest BCUT2D eigenvalue weighted by Crippen LogP contribution is 2.38. The maximum absolute atomic E-state index is 12.6. The van der Waals surface area contributed by atoms with E-state index in [0.29, 0.717) is 23.3 Å². The summed E-state index contributed by atoms with van der Waals surface area (Å²) in [7, 11) is 0. The zero-order valence-electron chi connectivity index (χ0n) is 14.0. The lowest BCUT2D eigenvalue weighted by atomic mass is 9.75. The molecule has 0 amide bonds. The van der Waals surface area contributed by atoms with Crippen molar-refractivity contribution in [3.63, 3.8) is 0 Å². The van der Waals surface area contributed by atoms with E-state index in [1.165, 1.54) is 6.33 Å². The predicted molar refractivity (Wildman–Crippen MR) is 92.2 cm³/mol. The van der Waals surface area contributed by atoms with Crippen LogP contribution in [0.4, 0.5) is 5.82 Å². The van der Waals surface area contributed by atoms with Gasteiger partial charge in [-0.05, 0) is 30.4 Å². The zero-order valence-corrected chi connectivity index (χ0v) is 14.0. The number of nitrogen functional groups attached to an aromatic ring is 1. The molecule has 4 rings (SSSR count). The standard InChI is InChI=1S/C18H19N5O/c1-10-8-23(13-5-18(2,3)6-14(24)15(10)13)11-4-12-16(20-7-11)17(19)22-9-21-12/h4,7-9H,5-6H2,1-3H3,(H2,19,21,22). The largest absolute Gasteiger partial charge is 0.382 e. The molecule has 1 aliphatic rings. The second-order valence-corrected chi connectivity index (χ2v) is 7.26. The molecule has 1 aliphatic carbocycles. The maximum Gasteiger partial charge on any atom is 0.165 e. The van der Waals surface area contributed by atoms with Gasteiger partial charge in [-0.1, -0.05) is 13.8 Å². The third kappa shape index (κ3) is 2.18. The van der Waals surface area contributed by atoms with E-state index in [1.807, 2.05) is 19.2 Å². The molecule has 0 unspecified atom stereocenters. The van der Waals surface area contributed by atoms with Crippen molar-refractivity contribution >= 4 is 22.6 Å². The molecular weight excluding hydrogens is 302 g/mol. The molecule has 0 bridgehead atoms. The Morgan fingerprint density at radius 1 is 1.21 bits per heavy atom. The molecule has 0 saturated carbocycles. The number of carbonyl (C=O) groups excluding carboxylic acids is 1. The number of fused-ring (bicyclic) bond motifs is 2. The van der Waals surface area contributed by atoms with E-state index in [1.54, 1.807) is 6.20 Å². The van der Waals surface area contributed by atoms with E-state index in [2.05, 4.69) is 33.4 Å². The van der Waals surface area contributed by atoms with Gasteiger partial charge in [0, 0.05) is 23.9 Å². The van der Waals surface area contributed by atoms with Crippen molar-refractivity contribution in [3.05, 3.63) is 41.6 Å². The summed E-state index contributed by atoms with van der Waals surface area (Å²) < 4.78 is 2.06. The number of ketones is 1. The van der Waals surface area contributed by atoms with E-state index in [0.717, 1.165) is 28.9 Å². The number of aryl methyl sites for hydroxylation is 1. The van der Waals surface area contributed by atoms with Crippen LogP contribution < -0.4 is 5.73 Å². The summed E-state index contributed by atoms with van der Waals surface area (Å²) >= 11 is 0. The van der Waals surface area contributed by atoms with Crippen molar-refractivity contribution in [2.45, 2.75) is 33.6 Å². The Morgan fingerprint density at radius 2 is 2.00 bits per heavy atom. The van der Waals surface area contributed by atoms with Crippen LogP contribution in [-0.2, 0) is 6.42 Å². The van der Waals surface area contributed by atoms with Gasteiger partial charge in [-0.15, -0.1) is 0 Å². The van der Waals surface area contributed by atoms with E-state index in [9.17, 15) is 4.79 Å². The minimum atomic E-state index is -0.0382. The number of aromatic nitrogens is 4. The highest BCUT2D eigenvalue weighted by molar-refractivity contribution is 6.00. The first-order valence-electron chi connectivity index (χ1n) is 7.96. The molecule has 0 aromatic carbocycles. The molecule has 24 heavy (non-hydrogen) atoms. The normalized spacial score (nSPS) is 16.4. The monoisotopic (exact) mass is 321 g/mol. The van der Waals surface area contributed by atoms with Gasteiger partial charge >= 0.3 is 0 Å². The van der Waals surface area contributed by atoms with Crippen LogP contribution in [0.3, 0.4) is 0 Å². The number of hydrogen-bond donors (Lipinski definition) is 1. The first kappa shape index (κ1) is 14.8. The van der Waals surface area contributed by atoms with Crippen LogP contribution in [0.2, 0.25) is 0 Å². The highest BCUT2D eigenvalue weighted by Gasteiger charge is 2.34. The number of hydrogen-bond acceptors (Lipinski definition) is 5. The second-order valence-electron chi connectivity index (χ2n) is 7.26. The second kappa shape index (κ2) is 4.87. The van der Waals surface area contributed by atoms with Gasteiger partial charge in [0.25, 0.3) is 0 Å². The Labute approximate surface area is 139 Å². The molecule has 6 heteroatoms. The molecule has 3 heterocycles. The lowest BCUT2D eigenvalue weighted by molar-refractivity contribution is 0.0910. The van der Waals surface area contributed by atoms with E-state index in [4.69, 9.17) is 5.73 Å². The van der Waals surface area contributed by atoms with Crippen molar-refractivity contribution in [1.29, 1.82) is 0 Å². The fourth-order valence-corrected chi connectivity index (χ4v) is 3.59. The third-order valence-electron chi connectivity index (χ3n) is 4.63. The van der Waals surface area contributed by atoms with Crippen molar-refractivity contribution < 1.29 is 4.79 Å². The number of carbonyl (C=O) groups is 1. The number of nitrogens with zero attached hydrogens (tertiary/aromatic N) is 4. The van der Waals surface area contributed by atoms with Crippen molar-refractivity contribution in [2.75, 3.05) is 5.73 Å². The molecule has 2 N–H and O–H groups in total. The van der Waals surface area contributed by atoms with E-state index in [-0.39, 0.29) is 11.2 Å². The van der Waals surface area contributed by atoms with Gasteiger partial charge < -0.3 is 10.3 Å². The summed E-state index contributed by atoms with van der Waals surface area (Å²) in [5.74, 6) is 0.589. The molecular formula is C18H19N5O. The molecule has 0 saturated heterocycles. The van der Waals surface area contributed by atoms with Crippen molar-refractivity contribution in [2.24, 2.45) is 5.41 Å². The lowest BCUT2D eigenvalue weighted by Crippen LogP contribution is -2.28. The van der Waals surface area contributed by atoms with E-state index < -0.39 is 0 Å². The van der Waals surface area contributed by atoms with Crippen LogP contribution in [0, 0.1) is 12.3 Å². The molecule has 0 fully saturated rings.